The Bertz CT molecular complexity index is 1180. The van der Waals surface area contributed by atoms with Crippen LogP contribution in [0.2, 0.25) is 0 Å². The third kappa shape index (κ3) is 4.76. The van der Waals surface area contributed by atoms with Crippen molar-refractivity contribution in [3.8, 4) is 11.8 Å². The van der Waals surface area contributed by atoms with E-state index in [9.17, 15) is 19.6 Å². The zero-order chi connectivity index (χ0) is 24.2. The lowest BCUT2D eigenvalue weighted by molar-refractivity contribution is 0.111. The van der Waals surface area contributed by atoms with E-state index in [4.69, 9.17) is 9.47 Å². The Labute approximate surface area is 196 Å². The largest absolute Gasteiger partial charge is 0.489 e. The smallest absolute Gasteiger partial charge is 0.410 e. The third-order valence-corrected chi connectivity index (χ3v) is 5.42. The van der Waals surface area contributed by atoms with Gasteiger partial charge in [-0.2, -0.15) is 5.26 Å². The fourth-order valence-electron chi connectivity index (χ4n) is 3.88. The van der Waals surface area contributed by atoms with E-state index in [1.807, 2.05) is 26.0 Å². The summed E-state index contributed by atoms with van der Waals surface area (Å²) in [6.45, 7) is 5.06. The van der Waals surface area contributed by atoms with Gasteiger partial charge in [0.1, 0.15) is 41.3 Å². The normalized spacial score (nSPS) is 14.9. The molecule has 0 aromatic carbocycles. The molecule has 2 aliphatic rings. The summed E-state index contributed by atoms with van der Waals surface area (Å²) in [5, 5.41) is 12.0. The Morgan fingerprint density at radius 2 is 2.21 bits per heavy atom. The molecule has 2 aromatic rings. The van der Waals surface area contributed by atoms with E-state index in [0.29, 0.717) is 56.0 Å². The molecule has 1 fully saturated rings. The number of rotatable bonds is 6. The summed E-state index contributed by atoms with van der Waals surface area (Å²) in [6, 6.07) is 4.88. The molecule has 0 radical (unpaired) electrons. The molecule has 4 heterocycles. The highest BCUT2D eigenvalue weighted by molar-refractivity contribution is 6.01. The fourth-order valence-corrected chi connectivity index (χ4v) is 3.88. The van der Waals surface area contributed by atoms with Crippen molar-refractivity contribution in [2.45, 2.75) is 39.3 Å². The number of aryl methyl sites for hydroxylation is 1. The van der Waals surface area contributed by atoms with Crippen molar-refractivity contribution in [1.82, 2.24) is 14.9 Å². The van der Waals surface area contributed by atoms with Crippen LogP contribution in [-0.4, -0.2) is 59.1 Å². The summed E-state index contributed by atoms with van der Waals surface area (Å²) in [7, 11) is 0. The van der Waals surface area contributed by atoms with Crippen LogP contribution in [0.25, 0.3) is 0 Å². The summed E-state index contributed by atoms with van der Waals surface area (Å²) in [6.07, 6.45) is 2.77. The minimum atomic E-state index is -0.464. The van der Waals surface area contributed by atoms with Gasteiger partial charge in [0.2, 0.25) is 0 Å². The van der Waals surface area contributed by atoms with Gasteiger partial charge < -0.3 is 14.4 Å². The highest BCUT2D eigenvalue weighted by Crippen LogP contribution is 2.29. The summed E-state index contributed by atoms with van der Waals surface area (Å²) in [5.41, 5.74) is 1.86. The molecule has 0 bridgehead atoms. The van der Waals surface area contributed by atoms with Crippen LogP contribution in [0.5, 0.6) is 5.75 Å². The SMILES string of the molecule is CC(C)Oc1cc(NC(=O)N2CCCc3cc(CN4CCOC4=O)c(C=O)nc32)ncc1C#N. The van der Waals surface area contributed by atoms with Gasteiger partial charge in [-0.1, -0.05) is 0 Å². The number of urea groups is 1. The van der Waals surface area contributed by atoms with Crippen molar-refractivity contribution in [3.05, 3.63) is 40.7 Å². The second kappa shape index (κ2) is 9.74. The number of hydrogen-bond donors (Lipinski definition) is 1. The summed E-state index contributed by atoms with van der Waals surface area (Å²) < 4.78 is 10.6. The lowest BCUT2D eigenvalue weighted by atomic mass is 10.0. The third-order valence-electron chi connectivity index (χ3n) is 5.42. The number of carbonyl (C=O) groups is 3. The average Bonchev–Trinajstić information content (AvgIpc) is 3.22. The highest BCUT2D eigenvalue weighted by Gasteiger charge is 2.28. The Kier molecular flexibility index (Phi) is 6.58. The van der Waals surface area contributed by atoms with Crippen LogP contribution in [0.3, 0.4) is 0 Å². The van der Waals surface area contributed by atoms with E-state index >= 15 is 0 Å². The summed E-state index contributed by atoms with van der Waals surface area (Å²) in [4.78, 5) is 48.2. The number of aldehydes is 1. The molecule has 4 rings (SSSR count). The van der Waals surface area contributed by atoms with E-state index in [-0.39, 0.29) is 29.7 Å². The van der Waals surface area contributed by atoms with Crippen molar-refractivity contribution < 1.29 is 23.9 Å². The van der Waals surface area contributed by atoms with Gasteiger partial charge in [-0.25, -0.2) is 19.6 Å². The highest BCUT2D eigenvalue weighted by atomic mass is 16.6. The molecule has 11 heteroatoms. The Balaban J connectivity index is 1.57. The first-order valence-electron chi connectivity index (χ1n) is 10.9. The minimum Gasteiger partial charge on any atom is -0.489 e. The number of amides is 3. The number of nitriles is 1. The summed E-state index contributed by atoms with van der Waals surface area (Å²) in [5.74, 6) is 0.950. The van der Waals surface area contributed by atoms with Gasteiger partial charge >= 0.3 is 12.1 Å². The predicted octanol–water partition coefficient (Wildman–Crippen LogP) is 2.88. The fraction of sp³-hybridized carbons (Fsp3) is 0.391. The first-order valence-corrected chi connectivity index (χ1v) is 10.9. The van der Waals surface area contributed by atoms with Crippen LogP contribution in [0.15, 0.2) is 18.3 Å². The molecule has 2 aromatic heterocycles. The van der Waals surface area contributed by atoms with Crippen molar-refractivity contribution >= 4 is 30.0 Å². The molecule has 0 saturated carbocycles. The van der Waals surface area contributed by atoms with Gasteiger partial charge in [0.25, 0.3) is 0 Å². The lowest BCUT2D eigenvalue weighted by Crippen LogP contribution is -2.40. The molecule has 0 aliphatic carbocycles. The molecule has 11 nitrogen and oxygen atoms in total. The van der Waals surface area contributed by atoms with Gasteiger partial charge in [-0.15, -0.1) is 0 Å². The number of cyclic esters (lactones) is 1. The Hall–Kier alpha value is -4.20. The lowest BCUT2D eigenvalue weighted by Gasteiger charge is -2.29. The Morgan fingerprint density at radius 3 is 2.88 bits per heavy atom. The minimum absolute atomic E-state index is 0.158. The van der Waals surface area contributed by atoms with E-state index in [0.717, 1.165) is 5.56 Å². The van der Waals surface area contributed by atoms with Crippen molar-refractivity contribution in [2.75, 3.05) is 29.9 Å². The number of nitrogens with zero attached hydrogens (tertiary/aromatic N) is 5. The molecular weight excluding hydrogens is 440 g/mol. The second-order valence-electron chi connectivity index (χ2n) is 8.20. The molecule has 3 amide bonds. The molecular formula is C23H24N6O5. The molecule has 2 aliphatic heterocycles. The molecule has 1 saturated heterocycles. The van der Waals surface area contributed by atoms with Crippen molar-refractivity contribution in [2.24, 2.45) is 0 Å². The van der Waals surface area contributed by atoms with Gasteiger partial charge in [-0.05, 0) is 38.3 Å². The number of anilines is 2. The van der Waals surface area contributed by atoms with E-state index in [2.05, 4.69) is 15.3 Å². The topological polar surface area (TPSA) is 138 Å². The summed E-state index contributed by atoms with van der Waals surface area (Å²) >= 11 is 0. The number of pyridine rings is 2. The van der Waals surface area contributed by atoms with E-state index < -0.39 is 12.1 Å². The molecule has 0 unspecified atom stereocenters. The maximum Gasteiger partial charge on any atom is 0.410 e. The van der Waals surface area contributed by atoms with Crippen molar-refractivity contribution in [1.29, 1.82) is 5.26 Å². The van der Waals surface area contributed by atoms with Crippen LogP contribution in [0, 0.1) is 11.3 Å². The van der Waals surface area contributed by atoms with E-state index in [1.54, 1.807) is 0 Å². The maximum absolute atomic E-state index is 13.1. The zero-order valence-electron chi connectivity index (χ0n) is 18.9. The first kappa shape index (κ1) is 23.0. The standard InChI is InChI=1S/C23H24N6O5/c1-14(2)34-19-9-20(25-11-17(19)10-24)27-22(31)29-5-3-4-15-8-16(18(13-30)26-21(15)29)12-28-6-7-33-23(28)32/h8-9,11,13-14H,3-7,12H2,1-2H3,(H,25,27,31). The molecule has 0 spiro atoms. The number of hydrogen-bond acceptors (Lipinski definition) is 8. The van der Waals surface area contributed by atoms with Crippen molar-refractivity contribution in [3.63, 3.8) is 0 Å². The van der Waals surface area contributed by atoms with Crippen LogP contribution in [-0.2, 0) is 17.7 Å². The predicted molar refractivity (Wildman–Crippen MR) is 121 cm³/mol. The maximum atomic E-state index is 13.1. The number of ether oxygens (including phenoxy) is 2. The van der Waals surface area contributed by atoms with Crippen LogP contribution < -0.4 is 15.0 Å². The molecule has 176 valence electrons. The quantitative estimate of drug-likeness (QED) is 0.644. The average molecular weight is 464 g/mol. The first-order chi connectivity index (χ1) is 16.4. The van der Waals surface area contributed by atoms with Crippen LogP contribution >= 0.6 is 0 Å². The van der Waals surface area contributed by atoms with Gasteiger partial charge in [0.05, 0.1) is 25.4 Å². The van der Waals surface area contributed by atoms with Gasteiger partial charge in [0.15, 0.2) is 6.29 Å². The number of fused-ring (bicyclic) bond motifs is 1. The van der Waals surface area contributed by atoms with Crippen LogP contribution in [0.1, 0.15) is 47.4 Å². The van der Waals surface area contributed by atoms with Crippen LogP contribution in [0.4, 0.5) is 21.2 Å². The van der Waals surface area contributed by atoms with Gasteiger partial charge in [-0.3, -0.25) is 15.0 Å². The monoisotopic (exact) mass is 464 g/mol. The van der Waals surface area contributed by atoms with Gasteiger partial charge in [0, 0.05) is 18.2 Å². The molecule has 1 N–H and O–H groups in total. The molecule has 0 atom stereocenters. The molecule has 34 heavy (non-hydrogen) atoms. The number of aromatic nitrogens is 2. The zero-order valence-corrected chi connectivity index (χ0v) is 18.9. The number of carbonyl (C=O) groups excluding carboxylic acids is 3. The number of nitrogens with one attached hydrogen (secondary N) is 1. The second-order valence-corrected chi connectivity index (χ2v) is 8.20. The van der Waals surface area contributed by atoms with E-state index in [1.165, 1.54) is 22.1 Å². The Morgan fingerprint density at radius 1 is 1.38 bits per heavy atom.